The Morgan fingerprint density at radius 1 is 1.50 bits per heavy atom. The predicted molar refractivity (Wildman–Crippen MR) is 29.4 cm³/mol. The van der Waals surface area contributed by atoms with Crippen LogP contribution in [0.4, 0.5) is 0 Å². The zero-order valence-corrected chi connectivity index (χ0v) is 3.50. The monoisotopic (exact) mass is 53.1 g/mol. The van der Waals surface area contributed by atoms with Gasteiger partial charge in [-0.25, -0.2) is 0 Å². The van der Waals surface area contributed by atoms with Gasteiger partial charge >= 0.3 is 0 Å². The Labute approximate surface area is 31.6 Å². The second-order valence-electron chi connectivity index (χ2n) is 1.50. The molecule has 3 heteroatoms. The molecule has 0 aliphatic rings. The zero-order chi connectivity index (χ0) is 4.50. The number of hydrogen-bond donors (Lipinski definition) is 0. The van der Waals surface area contributed by atoms with E-state index in [1.165, 1.54) is 0 Å². The molecule has 0 aliphatic carbocycles. The van der Waals surface area contributed by atoms with E-state index in [0.717, 1.165) is 0 Å². The van der Waals surface area contributed by atoms with Crippen LogP contribution in [0.3, 0.4) is 0 Å². The van der Waals surface area contributed by atoms with Crippen LogP contribution in [0, 0.1) is 0 Å². The van der Waals surface area contributed by atoms with Crippen LogP contribution in [0.15, 0.2) is 0 Å². The molecule has 0 aromatic rings. The Hall–Kier alpha value is 0.195. The van der Waals surface area contributed by atoms with Gasteiger partial charge in [0.15, 0.2) is 0 Å². The van der Waals surface area contributed by atoms with Crippen molar-refractivity contribution in [3.05, 3.63) is 0 Å². The normalized spacial score (nSPS) is 14.5. The summed E-state index contributed by atoms with van der Waals surface area (Å²) in [5.41, 5.74) is -0.250. The molecule has 0 unspecified atom stereocenters. The minimum Gasteiger partial charge on any atom is -0.123 e. The van der Waals surface area contributed by atoms with Gasteiger partial charge in [0.2, 0.25) is 0 Å². The number of hydrogen-bond acceptors (Lipinski definition) is 0. The fourth-order valence-electron chi connectivity index (χ4n) is 0. The van der Waals surface area contributed by atoms with Crippen molar-refractivity contribution in [2.75, 3.05) is 0 Å². The summed E-state index contributed by atoms with van der Waals surface area (Å²) in [5, 5.41) is 0. The van der Waals surface area contributed by atoms with Gasteiger partial charge < -0.3 is 0 Å². The minimum atomic E-state index is -0.250. The van der Waals surface area contributed by atoms with Crippen molar-refractivity contribution in [3.8, 4) is 0 Å². The van der Waals surface area contributed by atoms with Crippen LogP contribution < -0.4 is 0 Å². The maximum atomic E-state index is 6.94. The highest BCUT2D eigenvalue weighted by Crippen LogP contribution is 1.68. The van der Waals surface area contributed by atoms with E-state index in [1.807, 2.05) is 23.5 Å². The van der Waals surface area contributed by atoms with Crippen LogP contribution in [0.25, 0.3) is 0 Å². The van der Waals surface area contributed by atoms with E-state index in [4.69, 9.17) is 1.37 Å². The minimum absolute atomic E-state index is 0.250. The highest BCUT2D eigenvalue weighted by Gasteiger charge is 1.72. The first-order valence-electron chi connectivity index (χ1n) is 2.00. The standard InChI is InChI=1S/CH7B3/c2-1(3)4/h1H,2-4H2/i1D. The molecular weight excluding hydrogens is 44.4 g/mol. The van der Waals surface area contributed by atoms with Crippen LogP contribution in [0.5, 0.6) is 0 Å². The van der Waals surface area contributed by atoms with E-state index in [0.29, 0.717) is 0 Å². The summed E-state index contributed by atoms with van der Waals surface area (Å²) < 4.78 is 6.94. The van der Waals surface area contributed by atoms with Crippen LogP contribution in [0.1, 0.15) is 1.37 Å². The van der Waals surface area contributed by atoms with Gasteiger partial charge in [-0.05, 0) is 0 Å². The first-order chi connectivity index (χ1) is 2.00. The maximum absolute atomic E-state index is 6.94. The van der Waals surface area contributed by atoms with Crippen LogP contribution in [0.2, 0.25) is 5.59 Å². The molecule has 0 nitrogen and oxygen atoms in total. The molecule has 4 heavy (non-hydrogen) atoms. The highest BCUT2D eigenvalue weighted by molar-refractivity contribution is 6.54. The quantitative estimate of drug-likeness (QED) is 0.269. The number of rotatable bonds is 0. The lowest BCUT2D eigenvalue weighted by atomic mass is 9.58. The summed E-state index contributed by atoms with van der Waals surface area (Å²) in [4.78, 5) is 0. The van der Waals surface area contributed by atoms with Crippen molar-refractivity contribution in [2.24, 2.45) is 0 Å². The Morgan fingerprint density at radius 2 is 1.50 bits per heavy atom. The lowest BCUT2D eigenvalue weighted by Crippen LogP contribution is -1.84. The molecule has 0 saturated carbocycles. The topological polar surface area (TPSA) is 0 Å². The SMILES string of the molecule is [2H]C(B)(B)B. The molecule has 0 atom stereocenters. The van der Waals surface area contributed by atoms with E-state index in [-0.39, 0.29) is 5.59 Å². The van der Waals surface area contributed by atoms with Crippen LogP contribution in [-0.4, -0.2) is 23.5 Å². The van der Waals surface area contributed by atoms with Gasteiger partial charge in [-0.15, -0.1) is 5.59 Å². The highest BCUT2D eigenvalue weighted by atomic mass is 13.2. The summed E-state index contributed by atoms with van der Waals surface area (Å²) in [6.45, 7) is 0. The average Bonchev–Trinajstić information content (AvgIpc) is 0.722. The van der Waals surface area contributed by atoms with Crippen molar-refractivity contribution >= 4 is 23.5 Å². The molecule has 0 aromatic carbocycles. The second-order valence-corrected chi connectivity index (χ2v) is 1.50. The van der Waals surface area contributed by atoms with E-state index in [1.54, 1.807) is 0 Å². The molecule has 0 rings (SSSR count). The summed E-state index contributed by atoms with van der Waals surface area (Å²) in [6, 6.07) is 0. The van der Waals surface area contributed by atoms with Gasteiger partial charge in [0.1, 0.15) is 0 Å². The van der Waals surface area contributed by atoms with Crippen molar-refractivity contribution in [1.82, 2.24) is 0 Å². The third-order valence-corrected chi connectivity index (χ3v) is 0. The zero-order valence-electron chi connectivity index (χ0n) is 4.50. The molecule has 0 saturated heterocycles. The fraction of sp³-hybridized carbons (Fsp3) is 1.00. The largest absolute Gasteiger partial charge is 0.123 e. The molecule has 0 aromatic heterocycles. The maximum Gasteiger partial charge on any atom is 0.0876 e. The summed E-state index contributed by atoms with van der Waals surface area (Å²) >= 11 is 0. The van der Waals surface area contributed by atoms with Crippen molar-refractivity contribution in [1.29, 1.82) is 0 Å². The van der Waals surface area contributed by atoms with E-state index >= 15 is 0 Å². The molecule has 0 amide bonds. The predicted octanol–water partition coefficient (Wildman–Crippen LogP) is -2.41. The van der Waals surface area contributed by atoms with Crippen molar-refractivity contribution < 1.29 is 1.37 Å². The molecule has 20 valence electrons. The molecule has 0 radical (unpaired) electrons. The summed E-state index contributed by atoms with van der Waals surface area (Å²) in [7, 11) is 5.56. The molecule has 0 N–H and O–H groups in total. The lowest BCUT2D eigenvalue weighted by Gasteiger charge is -1.75. The smallest absolute Gasteiger partial charge is 0.0876 e. The fourth-order valence-corrected chi connectivity index (χ4v) is 0. The first-order valence-corrected chi connectivity index (χ1v) is 1.50. The van der Waals surface area contributed by atoms with Gasteiger partial charge in [-0.2, -0.15) is 0 Å². The first kappa shape index (κ1) is 2.43. The second kappa shape index (κ2) is 1.51. The van der Waals surface area contributed by atoms with Gasteiger partial charge in [0.25, 0.3) is 0 Å². The van der Waals surface area contributed by atoms with E-state index in [2.05, 4.69) is 0 Å². The van der Waals surface area contributed by atoms with Gasteiger partial charge in [-0.1, -0.05) is 0 Å². The molecular formula is CH7B3. The molecule has 0 spiro atoms. The van der Waals surface area contributed by atoms with Gasteiger partial charge in [-0.3, -0.25) is 0 Å². The molecule has 0 aliphatic heterocycles. The third kappa shape index (κ3) is 82.6. The summed E-state index contributed by atoms with van der Waals surface area (Å²) in [5.74, 6) is 0. The molecule has 0 bridgehead atoms. The van der Waals surface area contributed by atoms with Gasteiger partial charge in [0.05, 0.1) is 23.5 Å². The van der Waals surface area contributed by atoms with E-state index < -0.39 is 0 Å². The molecule has 0 fully saturated rings. The van der Waals surface area contributed by atoms with Crippen LogP contribution in [-0.2, 0) is 0 Å². The van der Waals surface area contributed by atoms with Crippen LogP contribution >= 0.6 is 0 Å². The Kier molecular flexibility index (Phi) is 0.917. The Balaban J connectivity index is 3.02. The Morgan fingerprint density at radius 3 is 1.50 bits per heavy atom. The third-order valence-electron chi connectivity index (χ3n) is 0. The lowest BCUT2D eigenvalue weighted by molar-refractivity contribution is 1.91. The van der Waals surface area contributed by atoms with Crippen molar-refractivity contribution in [3.63, 3.8) is 0 Å². The average molecular weight is 52.5 g/mol. The molecule has 0 heterocycles. The van der Waals surface area contributed by atoms with Gasteiger partial charge in [0, 0.05) is 1.37 Å². The Bertz CT molecular complexity index is 22.4. The van der Waals surface area contributed by atoms with E-state index in [9.17, 15) is 0 Å². The van der Waals surface area contributed by atoms with Crippen molar-refractivity contribution in [2.45, 2.75) is 5.59 Å². The summed E-state index contributed by atoms with van der Waals surface area (Å²) in [6.07, 6.45) is 0.